The highest BCUT2D eigenvalue weighted by Gasteiger charge is 2.29. The molecule has 1 aromatic rings. The first-order valence-corrected chi connectivity index (χ1v) is 6.29. The van der Waals surface area contributed by atoms with E-state index in [0.29, 0.717) is 18.1 Å². The van der Waals surface area contributed by atoms with Crippen LogP contribution in [0.3, 0.4) is 0 Å². The zero-order chi connectivity index (χ0) is 14.6. The standard InChI is InChI=1S/C13H17F3N2S/c1-9(2)18(8-12(17)19)7-10-3-5-11(6-4-10)13(14,15)16/h3-6,9H,7-8H2,1-2H3,(H2,17,19). The molecule has 0 heterocycles. The molecule has 0 aromatic heterocycles. The molecule has 0 aliphatic heterocycles. The zero-order valence-corrected chi connectivity index (χ0v) is 11.7. The zero-order valence-electron chi connectivity index (χ0n) is 10.9. The molecule has 0 fully saturated rings. The van der Waals surface area contributed by atoms with Crippen LogP contribution in [0.5, 0.6) is 0 Å². The summed E-state index contributed by atoms with van der Waals surface area (Å²) < 4.78 is 37.3. The number of nitrogens with two attached hydrogens (primary N) is 1. The Bertz CT molecular complexity index is 427. The fourth-order valence-electron chi connectivity index (χ4n) is 1.65. The number of rotatable bonds is 5. The van der Waals surface area contributed by atoms with E-state index in [1.807, 2.05) is 18.7 Å². The van der Waals surface area contributed by atoms with Crippen molar-refractivity contribution in [3.63, 3.8) is 0 Å². The molecule has 0 atom stereocenters. The highest BCUT2D eigenvalue weighted by Crippen LogP contribution is 2.29. The van der Waals surface area contributed by atoms with Gasteiger partial charge in [-0.1, -0.05) is 24.4 Å². The molecule has 2 nitrogen and oxygen atoms in total. The molecule has 1 rings (SSSR count). The number of alkyl halides is 3. The number of thiocarbonyl (C=S) groups is 1. The lowest BCUT2D eigenvalue weighted by atomic mass is 10.1. The average molecular weight is 290 g/mol. The third-order valence-electron chi connectivity index (χ3n) is 2.76. The van der Waals surface area contributed by atoms with Gasteiger partial charge in [0.15, 0.2) is 0 Å². The van der Waals surface area contributed by atoms with E-state index in [-0.39, 0.29) is 6.04 Å². The van der Waals surface area contributed by atoms with E-state index in [1.54, 1.807) is 0 Å². The smallest absolute Gasteiger partial charge is 0.392 e. The second kappa shape index (κ2) is 6.34. The van der Waals surface area contributed by atoms with E-state index < -0.39 is 11.7 Å². The molecule has 106 valence electrons. The summed E-state index contributed by atoms with van der Waals surface area (Å²) in [4.78, 5) is 2.38. The molecule has 0 bridgehead atoms. The van der Waals surface area contributed by atoms with Gasteiger partial charge in [0.1, 0.15) is 0 Å². The monoisotopic (exact) mass is 290 g/mol. The van der Waals surface area contributed by atoms with Crippen LogP contribution in [0.2, 0.25) is 0 Å². The topological polar surface area (TPSA) is 29.3 Å². The molecule has 0 radical (unpaired) electrons. The van der Waals surface area contributed by atoms with Gasteiger partial charge in [-0.3, -0.25) is 4.90 Å². The average Bonchev–Trinajstić information content (AvgIpc) is 2.27. The van der Waals surface area contributed by atoms with E-state index in [0.717, 1.165) is 17.7 Å². The minimum Gasteiger partial charge on any atom is -0.392 e. The Kier molecular flexibility index (Phi) is 5.31. The summed E-state index contributed by atoms with van der Waals surface area (Å²) in [5.74, 6) is 0. The Morgan fingerprint density at radius 2 is 1.79 bits per heavy atom. The minimum atomic E-state index is -4.30. The molecule has 0 aliphatic carbocycles. The highest BCUT2D eigenvalue weighted by molar-refractivity contribution is 7.80. The SMILES string of the molecule is CC(C)N(CC(N)=S)Cc1ccc(C(F)(F)F)cc1. The molecule has 0 aliphatic rings. The lowest BCUT2D eigenvalue weighted by Crippen LogP contribution is -2.37. The molecular weight excluding hydrogens is 273 g/mol. The third-order valence-corrected chi connectivity index (χ3v) is 2.89. The first-order chi connectivity index (χ1) is 8.70. The van der Waals surface area contributed by atoms with Crippen molar-refractivity contribution in [3.05, 3.63) is 35.4 Å². The van der Waals surface area contributed by atoms with Gasteiger partial charge < -0.3 is 5.73 Å². The van der Waals surface area contributed by atoms with E-state index in [4.69, 9.17) is 18.0 Å². The van der Waals surface area contributed by atoms with Gasteiger partial charge in [0.05, 0.1) is 10.6 Å². The molecule has 0 saturated heterocycles. The highest BCUT2D eigenvalue weighted by atomic mass is 32.1. The maximum absolute atomic E-state index is 12.4. The van der Waals surface area contributed by atoms with E-state index in [2.05, 4.69) is 0 Å². The largest absolute Gasteiger partial charge is 0.416 e. The van der Waals surface area contributed by atoms with Crippen LogP contribution in [0.4, 0.5) is 13.2 Å². The van der Waals surface area contributed by atoms with Crippen molar-refractivity contribution in [2.24, 2.45) is 5.73 Å². The van der Waals surface area contributed by atoms with Crippen molar-refractivity contribution in [1.82, 2.24) is 4.90 Å². The minimum absolute atomic E-state index is 0.212. The van der Waals surface area contributed by atoms with Crippen LogP contribution in [0.1, 0.15) is 25.0 Å². The van der Waals surface area contributed by atoms with Crippen molar-refractivity contribution < 1.29 is 13.2 Å². The van der Waals surface area contributed by atoms with Crippen LogP contribution in [0.15, 0.2) is 24.3 Å². The lowest BCUT2D eigenvalue weighted by molar-refractivity contribution is -0.137. The van der Waals surface area contributed by atoms with Gasteiger partial charge in [-0.15, -0.1) is 0 Å². The second-order valence-corrected chi connectivity index (χ2v) is 5.18. The van der Waals surface area contributed by atoms with Crippen LogP contribution in [0, 0.1) is 0 Å². The van der Waals surface area contributed by atoms with Crippen LogP contribution in [-0.4, -0.2) is 22.5 Å². The van der Waals surface area contributed by atoms with Crippen molar-refractivity contribution in [2.45, 2.75) is 32.6 Å². The molecular formula is C13H17F3N2S. The number of hydrogen-bond acceptors (Lipinski definition) is 2. The Morgan fingerprint density at radius 1 is 1.26 bits per heavy atom. The first-order valence-electron chi connectivity index (χ1n) is 5.88. The Labute approximate surface area is 116 Å². The Balaban J connectivity index is 2.78. The predicted molar refractivity (Wildman–Crippen MR) is 73.8 cm³/mol. The predicted octanol–water partition coefficient (Wildman–Crippen LogP) is 3.20. The summed E-state index contributed by atoms with van der Waals surface area (Å²) in [6.07, 6.45) is -4.30. The van der Waals surface area contributed by atoms with Gasteiger partial charge in [0.2, 0.25) is 0 Å². The lowest BCUT2D eigenvalue weighted by Gasteiger charge is -2.26. The fraction of sp³-hybridized carbons (Fsp3) is 0.462. The van der Waals surface area contributed by atoms with E-state index in [1.165, 1.54) is 12.1 Å². The van der Waals surface area contributed by atoms with Gasteiger partial charge in [-0.2, -0.15) is 13.2 Å². The molecule has 0 saturated carbocycles. The molecule has 0 spiro atoms. The summed E-state index contributed by atoms with van der Waals surface area (Å²) in [5, 5.41) is 0. The summed E-state index contributed by atoms with van der Waals surface area (Å²) in [6.45, 7) is 4.95. The van der Waals surface area contributed by atoms with Gasteiger partial charge in [0.25, 0.3) is 0 Å². The molecule has 2 N–H and O–H groups in total. The number of nitrogens with zero attached hydrogens (tertiary/aromatic N) is 1. The van der Waals surface area contributed by atoms with Crippen molar-refractivity contribution >= 4 is 17.2 Å². The van der Waals surface area contributed by atoms with Gasteiger partial charge in [-0.25, -0.2) is 0 Å². The van der Waals surface area contributed by atoms with Gasteiger partial charge in [-0.05, 0) is 31.5 Å². The van der Waals surface area contributed by atoms with E-state index >= 15 is 0 Å². The third kappa shape index (κ3) is 5.16. The summed E-state index contributed by atoms with van der Waals surface area (Å²) in [7, 11) is 0. The second-order valence-electron chi connectivity index (χ2n) is 4.66. The van der Waals surface area contributed by atoms with Gasteiger partial charge in [0, 0.05) is 19.1 Å². The quantitative estimate of drug-likeness (QED) is 0.844. The Morgan fingerprint density at radius 3 is 2.16 bits per heavy atom. The van der Waals surface area contributed by atoms with Crippen LogP contribution < -0.4 is 5.73 Å². The van der Waals surface area contributed by atoms with E-state index in [9.17, 15) is 13.2 Å². The molecule has 1 aromatic carbocycles. The maximum Gasteiger partial charge on any atom is 0.416 e. The molecule has 0 unspecified atom stereocenters. The summed E-state index contributed by atoms with van der Waals surface area (Å²) >= 11 is 4.86. The number of halogens is 3. The summed E-state index contributed by atoms with van der Waals surface area (Å²) in [6, 6.07) is 5.36. The van der Waals surface area contributed by atoms with Gasteiger partial charge >= 0.3 is 6.18 Å². The summed E-state index contributed by atoms with van der Waals surface area (Å²) in [5.41, 5.74) is 5.67. The van der Waals surface area contributed by atoms with Crippen LogP contribution in [-0.2, 0) is 12.7 Å². The Hall–Kier alpha value is -1.14. The molecule has 0 amide bonds. The first kappa shape index (κ1) is 15.9. The number of benzene rings is 1. The molecule has 19 heavy (non-hydrogen) atoms. The van der Waals surface area contributed by atoms with Crippen LogP contribution in [0.25, 0.3) is 0 Å². The maximum atomic E-state index is 12.4. The fourth-order valence-corrected chi connectivity index (χ4v) is 1.82. The van der Waals surface area contributed by atoms with Crippen LogP contribution >= 0.6 is 12.2 Å². The molecule has 6 heteroatoms. The van der Waals surface area contributed by atoms with Crippen molar-refractivity contribution in [3.8, 4) is 0 Å². The van der Waals surface area contributed by atoms with Crippen molar-refractivity contribution in [1.29, 1.82) is 0 Å². The van der Waals surface area contributed by atoms with Crippen molar-refractivity contribution in [2.75, 3.05) is 6.54 Å². The number of hydrogen-bond donors (Lipinski definition) is 1. The normalized spacial score (nSPS) is 12.2.